The minimum absolute atomic E-state index is 0.109. The van der Waals surface area contributed by atoms with Gasteiger partial charge in [-0.2, -0.15) is 0 Å². The number of carbonyl (C=O) groups is 1. The number of para-hydroxylation sites is 1. The normalized spacial score (nSPS) is 23.7. The van der Waals surface area contributed by atoms with Crippen LogP contribution in [0.5, 0.6) is 0 Å². The summed E-state index contributed by atoms with van der Waals surface area (Å²) < 4.78 is 5.27. The van der Waals surface area contributed by atoms with Crippen LogP contribution in [0, 0.1) is 5.92 Å². The number of pyridine rings is 1. The number of likely N-dealkylation sites (N-methyl/N-ethyl adjacent to an activating group) is 1. The number of aromatic nitrogens is 1. The molecule has 0 fully saturated rings. The molecule has 4 rings (SSSR count). The third-order valence-corrected chi connectivity index (χ3v) is 5.46. The molecule has 4 nitrogen and oxygen atoms in total. The van der Waals surface area contributed by atoms with E-state index < -0.39 is 0 Å². The SMILES string of the molecule is CC[C@H]1C(=O)OCC(C)=C1C=CC1c2nc3ccccc3cc2CN1C. The van der Waals surface area contributed by atoms with E-state index in [4.69, 9.17) is 9.72 Å². The van der Waals surface area contributed by atoms with Crippen molar-refractivity contribution in [1.29, 1.82) is 0 Å². The van der Waals surface area contributed by atoms with Gasteiger partial charge in [0.05, 0.1) is 23.2 Å². The van der Waals surface area contributed by atoms with Crippen LogP contribution in [-0.4, -0.2) is 29.5 Å². The zero-order chi connectivity index (χ0) is 18.3. The molecule has 0 aliphatic carbocycles. The van der Waals surface area contributed by atoms with Crippen molar-refractivity contribution in [1.82, 2.24) is 9.88 Å². The molecular formula is C22H24N2O2. The molecule has 2 aliphatic rings. The molecule has 0 amide bonds. The van der Waals surface area contributed by atoms with Crippen LogP contribution >= 0.6 is 0 Å². The lowest BCUT2D eigenvalue weighted by Gasteiger charge is -2.24. The summed E-state index contributed by atoms with van der Waals surface area (Å²) in [5.74, 6) is -0.266. The number of nitrogens with zero attached hydrogens (tertiary/aromatic N) is 2. The fraction of sp³-hybridized carbons (Fsp3) is 0.364. The Hall–Kier alpha value is -2.46. The maximum atomic E-state index is 12.1. The van der Waals surface area contributed by atoms with E-state index in [2.05, 4.69) is 48.4 Å². The van der Waals surface area contributed by atoms with E-state index in [1.54, 1.807) is 0 Å². The number of rotatable bonds is 3. The number of ether oxygens (including phenoxy) is 1. The summed E-state index contributed by atoms with van der Waals surface area (Å²) in [5.41, 5.74) is 5.67. The molecule has 0 radical (unpaired) electrons. The van der Waals surface area contributed by atoms with Gasteiger partial charge in [-0.05, 0) is 49.2 Å². The van der Waals surface area contributed by atoms with Crippen molar-refractivity contribution < 1.29 is 9.53 Å². The second-order valence-corrected chi connectivity index (χ2v) is 7.25. The summed E-state index contributed by atoms with van der Waals surface area (Å²) in [5, 5.41) is 1.18. The maximum Gasteiger partial charge on any atom is 0.313 e. The zero-order valence-electron chi connectivity index (χ0n) is 15.5. The average Bonchev–Trinajstić information content (AvgIpc) is 2.94. The maximum absolute atomic E-state index is 12.1. The third kappa shape index (κ3) is 2.84. The highest BCUT2D eigenvalue weighted by atomic mass is 16.5. The monoisotopic (exact) mass is 348 g/mol. The summed E-state index contributed by atoms with van der Waals surface area (Å²) in [4.78, 5) is 19.3. The van der Waals surface area contributed by atoms with Gasteiger partial charge >= 0.3 is 5.97 Å². The van der Waals surface area contributed by atoms with E-state index in [1.165, 1.54) is 10.9 Å². The lowest BCUT2D eigenvalue weighted by atomic mass is 9.90. The highest BCUT2D eigenvalue weighted by molar-refractivity contribution is 5.80. The molecule has 26 heavy (non-hydrogen) atoms. The Morgan fingerprint density at radius 1 is 1.35 bits per heavy atom. The number of allylic oxidation sites excluding steroid dienone is 1. The van der Waals surface area contributed by atoms with Crippen molar-refractivity contribution in [3.8, 4) is 0 Å². The number of fused-ring (bicyclic) bond motifs is 2. The third-order valence-electron chi connectivity index (χ3n) is 5.46. The van der Waals surface area contributed by atoms with Crippen LogP contribution in [0.1, 0.15) is 37.6 Å². The summed E-state index contributed by atoms with van der Waals surface area (Å²) in [7, 11) is 2.12. The second-order valence-electron chi connectivity index (χ2n) is 7.25. The zero-order valence-corrected chi connectivity index (χ0v) is 15.5. The highest BCUT2D eigenvalue weighted by Crippen LogP contribution is 2.35. The summed E-state index contributed by atoms with van der Waals surface area (Å²) in [6, 6.07) is 10.6. The number of hydrogen-bond donors (Lipinski definition) is 0. The van der Waals surface area contributed by atoms with Crippen LogP contribution in [-0.2, 0) is 16.1 Å². The van der Waals surface area contributed by atoms with Gasteiger partial charge in [-0.15, -0.1) is 0 Å². The van der Waals surface area contributed by atoms with Crippen molar-refractivity contribution in [2.75, 3.05) is 13.7 Å². The van der Waals surface area contributed by atoms with Crippen molar-refractivity contribution >= 4 is 16.9 Å². The van der Waals surface area contributed by atoms with Crippen LogP contribution in [0.2, 0.25) is 0 Å². The van der Waals surface area contributed by atoms with E-state index in [0.29, 0.717) is 6.61 Å². The molecule has 2 aromatic rings. The number of carbonyl (C=O) groups excluding carboxylic acids is 1. The molecule has 2 atom stereocenters. The Balaban J connectivity index is 1.70. The number of esters is 1. The van der Waals surface area contributed by atoms with Crippen LogP contribution in [0.3, 0.4) is 0 Å². The van der Waals surface area contributed by atoms with Gasteiger partial charge in [0.25, 0.3) is 0 Å². The van der Waals surface area contributed by atoms with Gasteiger partial charge < -0.3 is 4.74 Å². The molecule has 0 spiro atoms. The van der Waals surface area contributed by atoms with Gasteiger partial charge in [0.15, 0.2) is 0 Å². The van der Waals surface area contributed by atoms with Gasteiger partial charge in [0.2, 0.25) is 0 Å². The highest BCUT2D eigenvalue weighted by Gasteiger charge is 2.30. The standard InChI is InChI=1S/C22H24N2O2/c1-4-17-18(14(2)13-26-22(17)25)9-10-20-21-16(12-24(20)3)11-15-7-5-6-8-19(15)23-21/h5-11,17,20H,4,12-13H2,1-3H3/t17-,20?/m1/s1. The predicted octanol–water partition coefficient (Wildman–Crippen LogP) is 4.18. The van der Waals surface area contributed by atoms with Crippen molar-refractivity contribution in [3.05, 3.63) is 64.9 Å². The molecule has 4 heteroatoms. The van der Waals surface area contributed by atoms with Crippen molar-refractivity contribution in [2.45, 2.75) is 32.9 Å². The fourth-order valence-corrected chi connectivity index (χ4v) is 4.00. The van der Waals surface area contributed by atoms with Gasteiger partial charge in [0, 0.05) is 11.9 Å². The molecule has 134 valence electrons. The largest absolute Gasteiger partial charge is 0.461 e. The molecule has 0 bridgehead atoms. The Labute approximate surface area is 154 Å². The summed E-state index contributed by atoms with van der Waals surface area (Å²) in [6.45, 7) is 5.37. The Morgan fingerprint density at radius 3 is 2.96 bits per heavy atom. The molecular weight excluding hydrogens is 324 g/mol. The molecule has 1 aromatic carbocycles. The molecule has 1 aromatic heterocycles. The van der Waals surface area contributed by atoms with E-state index in [1.807, 2.05) is 19.9 Å². The Bertz CT molecular complexity index is 929. The number of cyclic esters (lactones) is 1. The first kappa shape index (κ1) is 17.0. The lowest BCUT2D eigenvalue weighted by molar-refractivity contribution is -0.147. The van der Waals surface area contributed by atoms with Crippen molar-refractivity contribution in [2.24, 2.45) is 5.92 Å². The molecule has 2 aliphatic heterocycles. The van der Waals surface area contributed by atoms with E-state index in [-0.39, 0.29) is 17.9 Å². The van der Waals surface area contributed by atoms with Crippen molar-refractivity contribution in [3.63, 3.8) is 0 Å². The van der Waals surface area contributed by atoms with E-state index in [9.17, 15) is 4.79 Å². The number of hydrogen-bond acceptors (Lipinski definition) is 4. The van der Waals surface area contributed by atoms with Crippen LogP contribution in [0.4, 0.5) is 0 Å². The Kier molecular flexibility index (Phi) is 4.37. The van der Waals surface area contributed by atoms with Gasteiger partial charge in [0.1, 0.15) is 6.61 Å². The topological polar surface area (TPSA) is 42.4 Å². The minimum Gasteiger partial charge on any atom is -0.461 e. The smallest absolute Gasteiger partial charge is 0.313 e. The first-order valence-corrected chi connectivity index (χ1v) is 9.21. The summed E-state index contributed by atoms with van der Waals surface area (Å²) in [6.07, 6.45) is 5.07. The number of benzene rings is 1. The second kappa shape index (κ2) is 6.69. The van der Waals surface area contributed by atoms with Crippen LogP contribution in [0.25, 0.3) is 10.9 Å². The quantitative estimate of drug-likeness (QED) is 0.781. The van der Waals surface area contributed by atoms with Crippen LogP contribution < -0.4 is 0 Å². The molecule has 0 saturated carbocycles. The molecule has 0 N–H and O–H groups in total. The van der Waals surface area contributed by atoms with E-state index >= 15 is 0 Å². The first-order chi connectivity index (χ1) is 12.6. The van der Waals surface area contributed by atoms with Gasteiger partial charge in [-0.25, -0.2) is 0 Å². The van der Waals surface area contributed by atoms with Gasteiger partial charge in [-0.3, -0.25) is 14.7 Å². The predicted molar refractivity (Wildman–Crippen MR) is 103 cm³/mol. The molecule has 1 unspecified atom stereocenters. The summed E-state index contributed by atoms with van der Waals surface area (Å²) >= 11 is 0. The Morgan fingerprint density at radius 2 is 2.15 bits per heavy atom. The average molecular weight is 348 g/mol. The lowest BCUT2D eigenvalue weighted by Crippen LogP contribution is -2.26. The fourth-order valence-electron chi connectivity index (χ4n) is 4.00. The first-order valence-electron chi connectivity index (χ1n) is 9.21. The molecule has 0 saturated heterocycles. The van der Waals surface area contributed by atoms with E-state index in [0.717, 1.165) is 35.3 Å². The van der Waals surface area contributed by atoms with Crippen LogP contribution in [0.15, 0.2) is 53.6 Å². The molecule has 3 heterocycles. The van der Waals surface area contributed by atoms with Gasteiger partial charge in [-0.1, -0.05) is 37.3 Å². The minimum atomic E-state index is -0.157.